The molecule has 0 saturated carbocycles. The lowest BCUT2D eigenvalue weighted by Crippen LogP contribution is -2.28. The third-order valence-electron chi connectivity index (χ3n) is 8.39. The van der Waals surface area contributed by atoms with Crippen molar-refractivity contribution in [3.05, 3.63) is 150 Å². The molecule has 0 radical (unpaired) electrons. The average Bonchev–Trinajstić information content (AvgIpc) is 3.56. The minimum atomic E-state index is -1.16. The molecule has 208 valence electrons. The molecule has 6 heteroatoms. The Bertz CT molecular complexity index is 2300. The average molecular weight is 569 g/mol. The summed E-state index contributed by atoms with van der Waals surface area (Å²) in [5.41, 5.74) is 8.11. The maximum Gasteiger partial charge on any atom is 0.263 e. The smallest absolute Gasteiger partial charge is 0.263 e. The molecular formula is C38H24N4O2. The van der Waals surface area contributed by atoms with Crippen LogP contribution in [0.4, 0.5) is 5.69 Å². The number of rotatable bonds is 4. The van der Waals surface area contributed by atoms with Crippen LogP contribution in [0.25, 0.3) is 49.7 Å². The van der Waals surface area contributed by atoms with Gasteiger partial charge in [-0.15, -0.1) is 0 Å². The van der Waals surface area contributed by atoms with Crippen molar-refractivity contribution in [3.63, 3.8) is 0 Å². The number of carbonyl (C=O) groups excluding carboxylic acids is 1. The second-order valence-corrected chi connectivity index (χ2v) is 10.8. The van der Waals surface area contributed by atoms with Crippen LogP contribution in [0, 0.1) is 11.3 Å². The van der Waals surface area contributed by atoms with Crippen LogP contribution in [0.2, 0.25) is 0 Å². The summed E-state index contributed by atoms with van der Waals surface area (Å²) in [6.07, 6.45) is 2.14. The zero-order chi connectivity index (χ0) is 29.8. The topological polar surface area (TPSA) is 82.2 Å². The molecule has 2 aromatic heterocycles. The van der Waals surface area contributed by atoms with Gasteiger partial charge in [-0.05, 0) is 29.8 Å². The maximum absolute atomic E-state index is 14.5. The van der Waals surface area contributed by atoms with Crippen molar-refractivity contribution < 1.29 is 9.90 Å². The Hall–Kier alpha value is -6.03. The van der Waals surface area contributed by atoms with Gasteiger partial charge in [-0.1, -0.05) is 97.1 Å². The molecule has 0 fully saturated rings. The highest BCUT2D eigenvalue weighted by molar-refractivity contribution is 6.18. The van der Waals surface area contributed by atoms with E-state index in [1.54, 1.807) is 12.4 Å². The van der Waals surface area contributed by atoms with E-state index in [9.17, 15) is 15.2 Å². The number of amides is 1. The number of pyridine rings is 1. The molecule has 1 unspecified atom stereocenters. The van der Waals surface area contributed by atoms with E-state index in [0.717, 1.165) is 44.1 Å². The number of nitriles is 1. The Morgan fingerprint density at radius 1 is 0.705 bits per heavy atom. The zero-order valence-corrected chi connectivity index (χ0v) is 23.4. The van der Waals surface area contributed by atoms with Gasteiger partial charge < -0.3 is 9.67 Å². The number of aromatic nitrogens is 2. The van der Waals surface area contributed by atoms with Crippen LogP contribution in [-0.4, -0.2) is 20.6 Å². The van der Waals surface area contributed by atoms with E-state index in [2.05, 4.69) is 27.8 Å². The van der Waals surface area contributed by atoms with Crippen molar-refractivity contribution in [1.82, 2.24) is 9.55 Å². The number of benzene rings is 5. The number of anilines is 1. The molecule has 5 aromatic carbocycles. The van der Waals surface area contributed by atoms with E-state index >= 15 is 0 Å². The molecule has 1 atom stereocenters. The van der Waals surface area contributed by atoms with Crippen molar-refractivity contribution >= 4 is 33.4 Å². The first-order valence-electron chi connectivity index (χ1n) is 14.3. The Labute approximate surface area is 253 Å². The van der Waals surface area contributed by atoms with Gasteiger partial charge in [0.1, 0.15) is 6.07 Å². The third-order valence-corrected chi connectivity index (χ3v) is 8.39. The van der Waals surface area contributed by atoms with Crippen molar-refractivity contribution in [1.29, 1.82) is 5.26 Å². The number of nitrogens with zero attached hydrogens (tertiary/aromatic N) is 4. The Morgan fingerprint density at radius 2 is 1.41 bits per heavy atom. The predicted octanol–water partition coefficient (Wildman–Crippen LogP) is 8.04. The fraction of sp³-hybridized carbons (Fsp3) is 0.0263. The van der Waals surface area contributed by atoms with Crippen molar-refractivity contribution in [3.8, 4) is 34.0 Å². The number of carbonyl (C=O) groups is 1. The first kappa shape index (κ1) is 25.7. The lowest BCUT2D eigenvalue weighted by Gasteiger charge is -2.24. The SMILES string of the molecule is N#Cc1cncc(-c2cccc3c4ccccc4n(-c4cccc5c4C(=O)N(c4ccccc4-c4ccccc4)C5O)c23)c1. The highest BCUT2D eigenvalue weighted by atomic mass is 16.3. The van der Waals surface area contributed by atoms with Gasteiger partial charge in [0, 0.05) is 45.4 Å². The van der Waals surface area contributed by atoms with Crippen LogP contribution in [-0.2, 0) is 0 Å². The number of hydrogen-bond donors (Lipinski definition) is 1. The molecule has 6 nitrogen and oxygen atoms in total. The molecule has 3 heterocycles. The summed E-state index contributed by atoms with van der Waals surface area (Å²) in [7, 11) is 0. The van der Waals surface area contributed by atoms with Crippen LogP contribution in [0.3, 0.4) is 0 Å². The zero-order valence-electron chi connectivity index (χ0n) is 23.4. The Kier molecular flexibility index (Phi) is 5.86. The van der Waals surface area contributed by atoms with Crippen LogP contribution < -0.4 is 4.90 Å². The maximum atomic E-state index is 14.5. The van der Waals surface area contributed by atoms with Gasteiger partial charge in [-0.25, -0.2) is 0 Å². The van der Waals surface area contributed by atoms with Crippen LogP contribution in [0.5, 0.6) is 0 Å². The van der Waals surface area contributed by atoms with E-state index in [4.69, 9.17) is 0 Å². The minimum Gasteiger partial charge on any atom is -0.369 e. The molecule has 1 aliphatic heterocycles. The van der Waals surface area contributed by atoms with Gasteiger partial charge >= 0.3 is 0 Å². The Balaban J connectivity index is 1.39. The normalized spacial score (nSPS) is 14.2. The van der Waals surface area contributed by atoms with Crippen LogP contribution in [0.15, 0.2) is 134 Å². The van der Waals surface area contributed by atoms with E-state index in [1.807, 2.05) is 109 Å². The van der Waals surface area contributed by atoms with Crippen LogP contribution in [0.1, 0.15) is 27.7 Å². The van der Waals surface area contributed by atoms with Gasteiger partial charge in [0.05, 0.1) is 33.5 Å². The second-order valence-electron chi connectivity index (χ2n) is 10.8. The highest BCUT2D eigenvalue weighted by Gasteiger charge is 2.40. The molecule has 0 bridgehead atoms. The van der Waals surface area contributed by atoms with E-state index in [0.29, 0.717) is 28.1 Å². The molecule has 44 heavy (non-hydrogen) atoms. The van der Waals surface area contributed by atoms with E-state index in [1.165, 1.54) is 4.90 Å². The number of fused-ring (bicyclic) bond motifs is 4. The van der Waals surface area contributed by atoms with E-state index < -0.39 is 6.23 Å². The summed E-state index contributed by atoms with van der Waals surface area (Å²) in [5, 5.41) is 23.4. The number of para-hydroxylation sites is 3. The summed E-state index contributed by atoms with van der Waals surface area (Å²) in [4.78, 5) is 20.3. The summed E-state index contributed by atoms with van der Waals surface area (Å²) < 4.78 is 2.11. The molecule has 1 amide bonds. The molecule has 1 aliphatic rings. The number of aliphatic hydroxyl groups excluding tert-OH is 1. The van der Waals surface area contributed by atoms with Gasteiger partial charge in [0.2, 0.25) is 0 Å². The fourth-order valence-corrected chi connectivity index (χ4v) is 6.50. The molecule has 7 aromatic rings. The Morgan fingerprint density at radius 3 is 2.27 bits per heavy atom. The van der Waals surface area contributed by atoms with Crippen molar-refractivity contribution in [2.45, 2.75) is 6.23 Å². The minimum absolute atomic E-state index is 0.275. The lowest BCUT2D eigenvalue weighted by molar-refractivity contribution is 0.0935. The molecular weight excluding hydrogens is 544 g/mol. The standard InChI is InChI=1S/C38H24N4O2/c39-21-24-20-26(23-40-22-24)28-14-8-15-30-29-13-5-7-18-33(29)41(36(28)30)34-19-9-16-31-35(34)38(44)42(37(31)43)32-17-6-4-12-27(32)25-10-2-1-3-11-25/h1-20,22-23,37,43H. The second kappa shape index (κ2) is 10.1. The molecule has 1 N–H and O–H groups in total. The molecule has 0 aliphatic carbocycles. The lowest BCUT2D eigenvalue weighted by atomic mass is 10.0. The fourth-order valence-electron chi connectivity index (χ4n) is 6.50. The third kappa shape index (κ3) is 3.77. The summed E-state index contributed by atoms with van der Waals surface area (Å²) in [6, 6.07) is 41.4. The van der Waals surface area contributed by atoms with Gasteiger partial charge in [-0.2, -0.15) is 5.26 Å². The quantitative estimate of drug-likeness (QED) is 0.233. The number of hydrogen-bond acceptors (Lipinski definition) is 4. The highest BCUT2D eigenvalue weighted by Crippen LogP contribution is 2.45. The molecule has 8 rings (SSSR count). The van der Waals surface area contributed by atoms with Crippen molar-refractivity contribution in [2.24, 2.45) is 0 Å². The van der Waals surface area contributed by atoms with Gasteiger partial charge in [-0.3, -0.25) is 14.7 Å². The van der Waals surface area contributed by atoms with Gasteiger partial charge in [0.25, 0.3) is 5.91 Å². The number of aliphatic hydroxyl groups is 1. The molecule has 0 spiro atoms. The first-order valence-corrected chi connectivity index (χ1v) is 14.3. The van der Waals surface area contributed by atoms with E-state index in [-0.39, 0.29) is 5.91 Å². The largest absolute Gasteiger partial charge is 0.369 e. The monoisotopic (exact) mass is 568 g/mol. The first-order chi connectivity index (χ1) is 21.7. The summed E-state index contributed by atoms with van der Waals surface area (Å²) in [5.74, 6) is -0.275. The van der Waals surface area contributed by atoms with Gasteiger partial charge in [0.15, 0.2) is 6.23 Å². The van der Waals surface area contributed by atoms with Crippen molar-refractivity contribution in [2.75, 3.05) is 4.90 Å². The molecule has 0 saturated heterocycles. The predicted molar refractivity (Wildman–Crippen MR) is 172 cm³/mol. The summed E-state index contributed by atoms with van der Waals surface area (Å²) >= 11 is 0. The summed E-state index contributed by atoms with van der Waals surface area (Å²) in [6.45, 7) is 0. The van der Waals surface area contributed by atoms with Crippen LogP contribution >= 0.6 is 0 Å².